The SMILES string of the molecule is COc1ccc(I)cc1[C@H]1C(C#N)=C(N)OC(C)=C1C(C)=O. The molecule has 0 unspecified atom stereocenters. The first kappa shape index (κ1) is 16.4. The van der Waals surface area contributed by atoms with Crippen molar-refractivity contribution >= 4 is 28.4 Å². The first-order valence-electron chi connectivity index (χ1n) is 6.53. The molecule has 6 heteroatoms. The molecule has 0 radical (unpaired) electrons. The fourth-order valence-electron chi connectivity index (χ4n) is 2.58. The third-order valence-corrected chi connectivity index (χ3v) is 4.16. The highest BCUT2D eigenvalue weighted by Gasteiger charge is 2.35. The van der Waals surface area contributed by atoms with Gasteiger partial charge in [-0.3, -0.25) is 4.79 Å². The van der Waals surface area contributed by atoms with Gasteiger partial charge in [-0.05, 0) is 54.6 Å². The Morgan fingerprint density at radius 2 is 2.18 bits per heavy atom. The van der Waals surface area contributed by atoms with Crippen molar-refractivity contribution in [2.24, 2.45) is 5.73 Å². The zero-order valence-electron chi connectivity index (χ0n) is 12.4. The number of nitrogens with two attached hydrogens (primary N) is 1. The molecule has 22 heavy (non-hydrogen) atoms. The lowest BCUT2D eigenvalue weighted by molar-refractivity contribution is -0.114. The summed E-state index contributed by atoms with van der Waals surface area (Å²) >= 11 is 2.17. The summed E-state index contributed by atoms with van der Waals surface area (Å²) in [5.41, 5.74) is 7.21. The second-order valence-electron chi connectivity index (χ2n) is 4.84. The second-order valence-corrected chi connectivity index (χ2v) is 6.08. The van der Waals surface area contributed by atoms with Crippen molar-refractivity contribution in [2.45, 2.75) is 19.8 Å². The highest BCUT2D eigenvalue weighted by molar-refractivity contribution is 14.1. The Balaban J connectivity index is 2.77. The van der Waals surface area contributed by atoms with Crippen molar-refractivity contribution in [1.29, 1.82) is 5.26 Å². The van der Waals surface area contributed by atoms with Crippen molar-refractivity contribution in [3.63, 3.8) is 0 Å². The second kappa shape index (κ2) is 6.40. The zero-order valence-corrected chi connectivity index (χ0v) is 14.6. The number of nitrogens with zero attached hydrogens (tertiary/aromatic N) is 1. The van der Waals surface area contributed by atoms with Crippen LogP contribution in [0.3, 0.4) is 0 Å². The molecular formula is C16H15IN2O3. The highest BCUT2D eigenvalue weighted by atomic mass is 127. The van der Waals surface area contributed by atoms with Gasteiger partial charge < -0.3 is 15.2 Å². The molecule has 0 bridgehead atoms. The number of nitriles is 1. The molecule has 0 saturated carbocycles. The van der Waals surface area contributed by atoms with E-state index in [-0.39, 0.29) is 17.2 Å². The molecule has 2 rings (SSSR count). The van der Waals surface area contributed by atoms with E-state index < -0.39 is 5.92 Å². The smallest absolute Gasteiger partial charge is 0.205 e. The predicted octanol–water partition coefficient (Wildman–Crippen LogP) is 2.97. The first-order chi connectivity index (χ1) is 10.4. The topological polar surface area (TPSA) is 85.3 Å². The third kappa shape index (κ3) is 2.81. The summed E-state index contributed by atoms with van der Waals surface area (Å²) in [4.78, 5) is 12.1. The molecule has 0 aromatic heterocycles. The number of carbonyl (C=O) groups is 1. The summed E-state index contributed by atoms with van der Waals surface area (Å²) in [5, 5.41) is 9.47. The molecule has 0 amide bonds. The molecule has 1 heterocycles. The fourth-order valence-corrected chi connectivity index (χ4v) is 3.09. The maximum Gasteiger partial charge on any atom is 0.205 e. The molecule has 1 aliphatic rings. The minimum absolute atomic E-state index is 0.0240. The monoisotopic (exact) mass is 410 g/mol. The highest BCUT2D eigenvalue weighted by Crippen LogP contribution is 2.43. The van der Waals surface area contributed by atoms with Crippen LogP contribution in [0.15, 0.2) is 41.0 Å². The van der Waals surface area contributed by atoms with Gasteiger partial charge in [-0.2, -0.15) is 5.26 Å². The molecular weight excluding hydrogens is 395 g/mol. The largest absolute Gasteiger partial charge is 0.496 e. The Hall–Kier alpha value is -2.01. The Morgan fingerprint density at radius 1 is 1.50 bits per heavy atom. The lowest BCUT2D eigenvalue weighted by Crippen LogP contribution is -2.23. The van der Waals surface area contributed by atoms with Gasteiger partial charge in [0.2, 0.25) is 5.88 Å². The quantitative estimate of drug-likeness (QED) is 0.775. The third-order valence-electron chi connectivity index (χ3n) is 3.49. The fraction of sp³-hybridized carbons (Fsp3) is 0.250. The molecule has 0 saturated heterocycles. The van der Waals surface area contributed by atoms with Crippen LogP contribution in [0.25, 0.3) is 0 Å². The van der Waals surface area contributed by atoms with Crippen LogP contribution in [0.5, 0.6) is 5.75 Å². The van der Waals surface area contributed by atoms with Crippen LogP contribution in [0.4, 0.5) is 0 Å². The summed E-state index contributed by atoms with van der Waals surface area (Å²) in [5.74, 6) is 0.287. The first-order valence-corrected chi connectivity index (χ1v) is 7.61. The summed E-state index contributed by atoms with van der Waals surface area (Å²) < 4.78 is 11.7. The van der Waals surface area contributed by atoms with Gasteiger partial charge in [0.05, 0.1) is 13.0 Å². The molecule has 1 aliphatic heterocycles. The van der Waals surface area contributed by atoms with E-state index in [2.05, 4.69) is 28.7 Å². The molecule has 0 spiro atoms. The van der Waals surface area contributed by atoms with Crippen LogP contribution in [-0.2, 0) is 9.53 Å². The van der Waals surface area contributed by atoms with E-state index >= 15 is 0 Å². The predicted molar refractivity (Wildman–Crippen MR) is 89.7 cm³/mol. The van der Waals surface area contributed by atoms with E-state index in [4.69, 9.17) is 15.2 Å². The Labute approximate surface area is 142 Å². The van der Waals surface area contributed by atoms with Crippen molar-refractivity contribution in [3.05, 3.63) is 50.1 Å². The number of hydrogen-bond acceptors (Lipinski definition) is 5. The number of methoxy groups -OCH3 is 1. The molecule has 1 aromatic rings. The molecule has 1 aromatic carbocycles. The number of ketones is 1. The van der Waals surface area contributed by atoms with Crippen LogP contribution < -0.4 is 10.5 Å². The number of allylic oxidation sites excluding steroid dienone is 3. The van der Waals surface area contributed by atoms with Crippen LogP contribution in [0.2, 0.25) is 0 Å². The number of Topliss-reactive ketones (excluding diaryl/α,β-unsaturated/α-hetero) is 1. The van der Waals surface area contributed by atoms with Gasteiger partial charge in [-0.1, -0.05) is 0 Å². The number of rotatable bonds is 3. The lowest BCUT2D eigenvalue weighted by atomic mass is 9.81. The van der Waals surface area contributed by atoms with Crippen LogP contribution in [-0.4, -0.2) is 12.9 Å². The van der Waals surface area contributed by atoms with Crippen molar-refractivity contribution in [1.82, 2.24) is 0 Å². The number of halogens is 1. The normalized spacial score (nSPS) is 17.9. The average molecular weight is 410 g/mol. The van der Waals surface area contributed by atoms with Crippen molar-refractivity contribution in [2.75, 3.05) is 7.11 Å². The van der Waals surface area contributed by atoms with Gasteiger partial charge in [-0.15, -0.1) is 0 Å². The Morgan fingerprint density at radius 3 is 2.73 bits per heavy atom. The zero-order chi connectivity index (χ0) is 16.4. The van der Waals surface area contributed by atoms with Crippen molar-refractivity contribution < 1.29 is 14.3 Å². The summed E-state index contributed by atoms with van der Waals surface area (Å²) in [6.07, 6.45) is 0. The van der Waals surface area contributed by atoms with Gasteiger partial charge in [0, 0.05) is 14.7 Å². The number of benzene rings is 1. The average Bonchev–Trinajstić information content (AvgIpc) is 2.45. The summed E-state index contributed by atoms with van der Waals surface area (Å²) in [7, 11) is 1.55. The minimum atomic E-state index is -0.582. The lowest BCUT2D eigenvalue weighted by Gasteiger charge is -2.27. The van der Waals surface area contributed by atoms with Gasteiger partial charge >= 0.3 is 0 Å². The van der Waals surface area contributed by atoms with Crippen molar-refractivity contribution in [3.8, 4) is 11.8 Å². The number of hydrogen-bond donors (Lipinski definition) is 1. The summed E-state index contributed by atoms with van der Waals surface area (Å²) in [6, 6.07) is 7.65. The Bertz CT molecular complexity index is 744. The van der Waals surface area contributed by atoms with Crippen LogP contribution in [0, 0.1) is 14.9 Å². The van der Waals surface area contributed by atoms with E-state index in [1.165, 1.54) is 6.92 Å². The Kier molecular flexibility index (Phi) is 4.76. The maximum atomic E-state index is 12.1. The molecule has 0 aliphatic carbocycles. The van der Waals surface area contributed by atoms with Gasteiger partial charge in [0.15, 0.2) is 5.78 Å². The maximum absolute atomic E-state index is 12.1. The molecule has 114 valence electrons. The summed E-state index contributed by atoms with van der Waals surface area (Å²) in [6.45, 7) is 3.12. The van der Waals surface area contributed by atoms with Gasteiger partial charge in [0.1, 0.15) is 23.2 Å². The number of ether oxygens (including phenoxy) is 2. The van der Waals surface area contributed by atoms with E-state index in [1.54, 1.807) is 14.0 Å². The van der Waals surface area contributed by atoms with Gasteiger partial charge in [-0.25, -0.2) is 0 Å². The van der Waals surface area contributed by atoms with E-state index in [0.29, 0.717) is 17.1 Å². The van der Waals surface area contributed by atoms with Gasteiger partial charge in [0.25, 0.3) is 0 Å². The molecule has 0 fully saturated rings. The molecule has 5 nitrogen and oxygen atoms in total. The van der Waals surface area contributed by atoms with E-state index in [0.717, 1.165) is 9.13 Å². The standard InChI is InChI=1S/C16H15IN2O3/c1-8(20)14-9(2)22-16(19)12(7-18)15(14)11-6-10(17)4-5-13(11)21-3/h4-6,15H,19H2,1-3H3/t15-/m0/s1. The van der Waals surface area contributed by atoms with E-state index in [1.807, 2.05) is 18.2 Å². The molecule has 2 N–H and O–H groups in total. The minimum Gasteiger partial charge on any atom is -0.496 e. The number of carbonyl (C=O) groups excluding carboxylic acids is 1. The van der Waals surface area contributed by atoms with Crippen LogP contribution in [0.1, 0.15) is 25.3 Å². The van der Waals surface area contributed by atoms with Crippen LogP contribution >= 0.6 is 22.6 Å². The molecule has 1 atom stereocenters. The van der Waals surface area contributed by atoms with E-state index in [9.17, 15) is 10.1 Å².